The molecule has 2 rings (SSSR count). The highest BCUT2D eigenvalue weighted by atomic mass is 16.5. The van der Waals surface area contributed by atoms with Crippen LogP contribution in [-0.4, -0.2) is 19.1 Å². The molecule has 0 aliphatic carbocycles. The van der Waals surface area contributed by atoms with Crippen LogP contribution in [0.3, 0.4) is 0 Å². The molecule has 0 saturated heterocycles. The fraction of sp³-hybridized carbons (Fsp3) is 0.222. The molecule has 2 aromatic carbocycles. The predicted molar refractivity (Wildman–Crippen MR) is 87.5 cm³/mol. The van der Waals surface area contributed by atoms with Crippen LogP contribution in [0.4, 0.5) is 5.69 Å². The van der Waals surface area contributed by atoms with E-state index in [1.165, 1.54) is 0 Å². The van der Waals surface area contributed by atoms with Crippen molar-refractivity contribution < 1.29 is 14.3 Å². The number of nitrogens with one attached hydrogen (secondary N) is 1. The van der Waals surface area contributed by atoms with Crippen LogP contribution in [0.2, 0.25) is 0 Å². The number of nitrogens with zero attached hydrogens (tertiary/aromatic N) is 1. The molecule has 0 aliphatic heterocycles. The van der Waals surface area contributed by atoms with Gasteiger partial charge in [-0.3, -0.25) is 4.79 Å². The molecule has 5 nitrogen and oxygen atoms in total. The molecule has 1 amide bonds. The second-order valence-corrected chi connectivity index (χ2v) is 4.77. The molecule has 0 radical (unpaired) electrons. The van der Waals surface area contributed by atoms with Crippen molar-refractivity contribution >= 4 is 11.6 Å². The van der Waals surface area contributed by atoms with E-state index in [0.717, 1.165) is 11.3 Å². The number of anilines is 1. The normalized spacial score (nSPS) is 9.74. The number of nitriles is 1. The molecule has 23 heavy (non-hydrogen) atoms. The SMILES string of the molecule is CCOc1ccc(OCC(=O)Nc2ccc(CC#N)cc2)cc1. The van der Waals surface area contributed by atoms with E-state index in [2.05, 4.69) is 11.4 Å². The summed E-state index contributed by atoms with van der Waals surface area (Å²) in [7, 11) is 0. The van der Waals surface area contributed by atoms with Crippen LogP contribution in [0.25, 0.3) is 0 Å². The van der Waals surface area contributed by atoms with E-state index in [9.17, 15) is 4.79 Å². The number of rotatable bonds is 7. The number of hydrogen-bond acceptors (Lipinski definition) is 4. The van der Waals surface area contributed by atoms with Crippen LogP contribution >= 0.6 is 0 Å². The number of carbonyl (C=O) groups is 1. The van der Waals surface area contributed by atoms with Crippen LogP contribution in [0.5, 0.6) is 11.5 Å². The zero-order chi connectivity index (χ0) is 16.5. The molecule has 0 unspecified atom stereocenters. The van der Waals surface area contributed by atoms with E-state index in [1.54, 1.807) is 36.4 Å². The third-order valence-corrected chi connectivity index (χ3v) is 3.03. The van der Waals surface area contributed by atoms with Crippen molar-refractivity contribution in [2.45, 2.75) is 13.3 Å². The lowest BCUT2D eigenvalue weighted by Gasteiger charge is -2.09. The van der Waals surface area contributed by atoms with Gasteiger partial charge in [0.1, 0.15) is 11.5 Å². The number of hydrogen-bond donors (Lipinski definition) is 1. The maximum Gasteiger partial charge on any atom is 0.262 e. The van der Waals surface area contributed by atoms with Crippen LogP contribution in [0, 0.1) is 11.3 Å². The second kappa shape index (κ2) is 8.44. The van der Waals surface area contributed by atoms with Crippen molar-refractivity contribution in [2.24, 2.45) is 0 Å². The Balaban J connectivity index is 1.81. The average molecular weight is 310 g/mol. The van der Waals surface area contributed by atoms with E-state index in [0.29, 0.717) is 24.5 Å². The molecule has 0 fully saturated rings. The predicted octanol–water partition coefficient (Wildman–Crippen LogP) is 3.17. The summed E-state index contributed by atoms with van der Waals surface area (Å²) < 4.78 is 10.8. The smallest absolute Gasteiger partial charge is 0.262 e. The molecule has 0 heterocycles. The van der Waals surface area contributed by atoms with E-state index in [1.807, 2.05) is 19.1 Å². The lowest BCUT2D eigenvalue weighted by atomic mass is 10.1. The molecule has 5 heteroatoms. The third kappa shape index (κ3) is 5.36. The van der Waals surface area contributed by atoms with Crippen molar-refractivity contribution in [3.05, 3.63) is 54.1 Å². The highest BCUT2D eigenvalue weighted by molar-refractivity contribution is 5.91. The summed E-state index contributed by atoms with van der Waals surface area (Å²) >= 11 is 0. The Kier molecular flexibility index (Phi) is 6.01. The highest BCUT2D eigenvalue weighted by Gasteiger charge is 2.04. The molecule has 1 N–H and O–H groups in total. The van der Waals surface area contributed by atoms with Gasteiger partial charge in [0.15, 0.2) is 6.61 Å². The third-order valence-electron chi connectivity index (χ3n) is 3.03. The van der Waals surface area contributed by atoms with E-state index in [-0.39, 0.29) is 12.5 Å². The molecular weight excluding hydrogens is 292 g/mol. The maximum atomic E-state index is 11.9. The quantitative estimate of drug-likeness (QED) is 0.852. The second-order valence-electron chi connectivity index (χ2n) is 4.77. The Labute approximate surface area is 135 Å². The van der Waals surface area contributed by atoms with Gasteiger partial charge in [-0.15, -0.1) is 0 Å². The van der Waals surface area contributed by atoms with Crippen molar-refractivity contribution in [2.75, 3.05) is 18.5 Å². The molecule has 2 aromatic rings. The molecular formula is C18H18N2O3. The molecule has 0 bridgehead atoms. The van der Waals surface area contributed by atoms with E-state index >= 15 is 0 Å². The van der Waals surface area contributed by atoms with Crippen molar-refractivity contribution in [1.29, 1.82) is 5.26 Å². The Bertz CT molecular complexity index is 673. The van der Waals surface area contributed by atoms with Crippen LogP contribution < -0.4 is 14.8 Å². The first kappa shape index (κ1) is 16.4. The van der Waals surface area contributed by atoms with Crippen LogP contribution in [0.15, 0.2) is 48.5 Å². The van der Waals surface area contributed by atoms with Crippen LogP contribution in [0.1, 0.15) is 12.5 Å². The number of benzene rings is 2. The molecule has 0 atom stereocenters. The summed E-state index contributed by atoms with van der Waals surface area (Å²) in [4.78, 5) is 11.9. The summed E-state index contributed by atoms with van der Waals surface area (Å²) in [5.41, 5.74) is 1.59. The largest absolute Gasteiger partial charge is 0.494 e. The topological polar surface area (TPSA) is 71.3 Å². The fourth-order valence-electron chi connectivity index (χ4n) is 1.94. The first-order valence-corrected chi connectivity index (χ1v) is 7.32. The molecule has 0 aromatic heterocycles. The number of carbonyl (C=O) groups excluding carboxylic acids is 1. The Morgan fingerprint density at radius 2 is 1.65 bits per heavy atom. The van der Waals surface area contributed by atoms with Gasteiger partial charge in [0.25, 0.3) is 5.91 Å². The Morgan fingerprint density at radius 3 is 2.22 bits per heavy atom. The van der Waals surface area contributed by atoms with E-state index < -0.39 is 0 Å². The zero-order valence-corrected chi connectivity index (χ0v) is 12.9. The van der Waals surface area contributed by atoms with Gasteiger partial charge in [-0.2, -0.15) is 5.26 Å². The Hall–Kier alpha value is -3.00. The fourth-order valence-corrected chi connectivity index (χ4v) is 1.94. The minimum absolute atomic E-state index is 0.0755. The van der Waals surface area contributed by atoms with Gasteiger partial charge in [-0.1, -0.05) is 12.1 Å². The molecule has 0 aliphatic rings. The van der Waals surface area contributed by atoms with E-state index in [4.69, 9.17) is 14.7 Å². The van der Waals surface area contributed by atoms with Gasteiger partial charge in [-0.05, 0) is 48.9 Å². The van der Waals surface area contributed by atoms with Crippen molar-refractivity contribution in [3.8, 4) is 17.6 Å². The minimum atomic E-state index is -0.244. The van der Waals surface area contributed by atoms with Gasteiger partial charge < -0.3 is 14.8 Å². The Morgan fingerprint density at radius 1 is 1.04 bits per heavy atom. The summed E-state index contributed by atoms with van der Waals surface area (Å²) in [6.45, 7) is 2.45. The monoisotopic (exact) mass is 310 g/mol. The maximum absolute atomic E-state index is 11.9. The molecule has 118 valence electrons. The van der Waals surface area contributed by atoms with Crippen molar-refractivity contribution in [1.82, 2.24) is 0 Å². The molecule has 0 saturated carbocycles. The van der Waals surface area contributed by atoms with Gasteiger partial charge in [-0.25, -0.2) is 0 Å². The lowest BCUT2D eigenvalue weighted by molar-refractivity contribution is -0.118. The molecule has 0 spiro atoms. The summed E-state index contributed by atoms with van der Waals surface area (Å²) in [5, 5.41) is 11.4. The summed E-state index contributed by atoms with van der Waals surface area (Å²) in [6, 6.07) is 16.3. The first-order chi connectivity index (χ1) is 11.2. The highest BCUT2D eigenvalue weighted by Crippen LogP contribution is 2.17. The van der Waals surface area contributed by atoms with Gasteiger partial charge in [0.2, 0.25) is 0 Å². The summed E-state index contributed by atoms with van der Waals surface area (Å²) in [5.74, 6) is 1.13. The number of amides is 1. The minimum Gasteiger partial charge on any atom is -0.494 e. The summed E-state index contributed by atoms with van der Waals surface area (Å²) in [6.07, 6.45) is 0.356. The standard InChI is InChI=1S/C18H18N2O3/c1-2-22-16-7-9-17(10-8-16)23-13-18(21)20-15-5-3-14(4-6-15)11-12-19/h3-10H,2,11,13H2,1H3,(H,20,21). The van der Waals surface area contributed by atoms with Crippen molar-refractivity contribution in [3.63, 3.8) is 0 Å². The first-order valence-electron chi connectivity index (χ1n) is 7.32. The average Bonchev–Trinajstić information content (AvgIpc) is 2.57. The van der Waals surface area contributed by atoms with Gasteiger partial charge in [0, 0.05) is 5.69 Å². The van der Waals surface area contributed by atoms with Gasteiger partial charge >= 0.3 is 0 Å². The lowest BCUT2D eigenvalue weighted by Crippen LogP contribution is -2.20. The van der Waals surface area contributed by atoms with Gasteiger partial charge in [0.05, 0.1) is 19.1 Å². The zero-order valence-electron chi connectivity index (χ0n) is 12.9. The van der Waals surface area contributed by atoms with Crippen LogP contribution in [-0.2, 0) is 11.2 Å². The number of ether oxygens (including phenoxy) is 2.